The summed E-state index contributed by atoms with van der Waals surface area (Å²) in [7, 11) is 0. The summed E-state index contributed by atoms with van der Waals surface area (Å²) < 4.78 is 7.57. The van der Waals surface area contributed by atoms with Crippen LogP contribution in [-0.4, -0.2) is 42.9 Å². The van der Waals surface area contributed by atoms with Gasteiger partial charge in [-0.15, -0.1) is 0 Å². The molecule has 1 aliphatic carbocycles. The van der Waals surface area contributed by atoms with E-state index in [4.69, 9.17) is 4.52 Å². The quantitative estimate of drug-likeness (QED) is 0.745. The van der Waals surface area contributed by atoms with Crippen LogP contribution in [0.25, 0.3) is 5.65 Å². The standard InChI is InChI=1S/C19H22N6O2/c1-12-4-2-9-25-14(10-20-17(12)25)11-24-8-3-5-15(24)19-22-16(23-27-19)18(26)21-13-6-7-13/h2,4,9-10,13,15H,3,5-8,11H2,1H3,(H,21,26). The largest absolute Gasteiger partial charge is 0.346 e. The second-order valence-corrected chi connectivity index (χ2v) is 7.47. The highest BCUT2D eigenvalue weighted by Gasteiger charge is 2.33. The zero-order chi connectivity index (χ0) is 18.4. The number of carbonyl (C=O) groups excluding carboxylic acids is 1. The van der Waals surface area contributed by atoms with Gasteiger partial charge >= 0.3 is 0 Å². The van der Waals surface area contributed by atoms with E-state index >= 15 is 0 Å². The molecule has 1 atom stereocenters. The van der Waals surface area contributed by atoms with Gasteiger partial charge < -0.3 is 14.2 Å². The molecule has 0 bridgehead atoms. The molecule has 3 aromatic heterocycles. The fourth-order valence-corrected chi connectivity index (χ4v) is 3.76. The van der Waals surface area contributed by atoms with E-state index in [1.165, 1.54) is 0 Å². The molecular formula is C19H22N6O2. The van der Waals surface area contributed by atoms with Gasteiger partial charge in [0.2, 0.25) is 5.89 Å². The van der Waals surface area contributed by atoms with Crippen LogP contribution in [-0.2, 0) is 6.54 Å². The van der Waals surface area contributed by atoms with Crippen molar-refractivity contribution in [2.75, 3.05) is 6.54 Å². The Hall–Kier alpha value is -2.74. The van der Waals surface area contributed by atoms with Crippen molar-refractivity contribution in [3.05, 3.63) is 47.5 Å². The van der Waals surface area contributed by atoms with E-state index in [2.05, 4.69) is 42.7 Å². The number of rotatable bonds is 5. The van der Waals surface area contributed by atoms with Gasteiger partial charge in [0.1, 0.15) is 5.65 Å². The number of amides is 1. The number of fused-ring (bicyclic) bond motifs is 1. The molecule has 2 aliphatic rings. The van der Waals surface area contributed by atoms with E-state index in [0.29, 0.717) is 5.89 Å². The molecule has 0 aromatic carbocycles. The smallest absolute Gasteiger partial charge is 0.292 e. The Balaban J connectivity index is 1.35. The van der Waals surface area contributed by atoms with Crippen LogP contribution in [0.15, 0.2) is 29.0 Å². The summed E-state index contributed by atoms with van der Waals surface area (Å²) in [6.07, 6.45) is 8.05. The fourth-order valence-electron chi connectivity index (χ4n) is 3.76. The Labute approximate surface area is 156 Å². The fraction of sp³-hybridized carbons (Fsp3) is 0.474. The number of hydrogen-bond donors (Lipinski definition) is 1. The number of aryl methyl sites for hydroxylation is 1. The molecule has 4 heterocycles. The lowest BCUT2D eigenvalue weighted by molar-refractivity contribution is 0.0937. The molecule has 8 nitrogen and oxygen atoms in total. The molecule has 1 aliphatic heterocycles. The van der Waals surface area contributed by atoms with Gasteiger partial charge in [-0.1, -0.05) is 11.2 Å². The Morgan fingerprint density at radius 2 is 2.26 bits per heavy atom. The maximum atomic E-state index is 12.1. The first kappa shape index (κ1) is 16.4. The Morgan fingerprint density at radius 1 is 1.37 bits per heavy atom. The average Bonchev–Trinajstić information content (AvgIpc) is 3.06. The SMILES string of the molecule is Cc1cccn2c(CN3CCCC3c3nc(C(=O)NC4CC4)no3)cnc12. The number of nitrogens with zero attached hydrogens (tertiary/aromatic N) is 5. The van der Waals surface area contributed by atoms with Gasteiger partial charge in [0, 0.05) is 18.8 Å². The number of hydrogen-bond acceptors (Lipinski definition) is 6. The Bertz CT molecular complexity index is 989. The summed E-state index contributed by atoms with van der Waals surface area (Å²) in [4.78, 5) is 23.4. The highest BCUT2D eigenvalue weighted by Crippen LogP contribution is 2.32. The van der Waals surface area contributed by atoms with Crippen molar-refractivity contribution in [2.45, 2.75) is 51.2 Å². The van der Waals surface area contributed by atoms with Crippen molar-refractivity contribution >= 4 is 11.6 Å². The predicted octanol–water partition coefficient (Wildman–Crippen LogP) is 2.26. The molecule has 0 spiro atoms. The lowest BCUT2D eigenvalue weighted by atomic mass is 10.2. The van der Waals surface area contributed by atoms with E-state index < -0.39 is 0 Å². The molecule has 3 aromatic rings. The van der Waals surface area contributed by atoms with Crippen LogP contribution in [0.3, 0.4) is 0 Å². The van der Waals surface area contributed by atoms with Crippen LogP contribution in [0.5, 0.6) is 0 Å². The van der Waals surface area contributed by atoms with Crippen molar-refractivity contribution in [2.24, 2.45) is 0 Å². The van der Waals surface area contributed by atoms with Gasteiger partial charge in [-0.3, -0.25) is 9.69 Å². The van der Waals surface area contributed by atoms with Crippen LogP contribution in [0.4, 0.5) is 0 Å². The Kier molecular flexibility index (Phi) is 3.93. The number of pyridine rings is 1. The first-order chi connectivity index (χ1) is 13.2. The van der Waals surface area contributed by atoms with Crippen LogP contribution >= 0.6 is 0 Å². The molecule has 27 heavy (non-hydrogen) atoms. The summed E-state index contributed by atoms with van der Waals surface area (Å²) in [5, 5.41) is 6.79. The van der Waals surface area contributed by atoms with Crippen molar-refractivity contribution < 1.29 is 9.32 Å². The first-order valence-corrected chi connectivity index (χ1v) is 9.49. The van der Waals surface area contributed by atoms with Crippen molar-refractivity contribution in [1.29, 1.82) is 0 Å². The minimum atomic E-state index is -0.241. The summed E-state index contributed by atoms with van der Waals surface area (Å²) in [5.41, 5.74) is 3.27. The molecule has 1 unspecified atom stereocenters. The van der Waals surface area contributed by atoms with E-state index in [-0.39, 0.29) is 23.8 Å². The zero-order valence-corrected chi connectivity index (χ0v) is 15.3. The predicted molar refractivity (Wildman–Crippen MR) is 97.1 cm³/mol. The van der Waals surface area contributed by atoms with E-state index in [0.717, 1.165) is 55.7 Å². The second-order valence-electron chi connectivity index (χ2n) is 7.47. The van der Waals surface area contributed by atoms with Gasteiger partial charge in [0.05, 0.1) is 17.9 Å². The monoisotopic (exact) mass is 366 g/mol. The minimum absolute atomic E-state index is 0.0373. The molecule has 1 saturated heterocycles. The summed E-state index contributed by atoms with van der Waals surface area (Å²) in [6, 6.07) is 4.42. The molecular weight excluding hydrogens is 344 g/mol. The van der Waals surface area contributed by atoms with Gasteiger partial charge in [0.25, 0.3) is 11.7 Å². The maximum absolute atomic E-state index is 12.1. The van der Waals surface area contributed by atoms with Crippen LogP contribution in [0.1, 0.15) is 59.5 Å². The summed E-state index contributed by atoms with van der Waals surface area (Å²) in [6.45, 7) is 3.77. The van der Waals surface area contributed by atoms with E-state index in [1.54, 1.807) is 0 Å². The molecule has 1 amide bonds. The third-order valence-corrected chi connectivity index (χ3v) is 5.38. The summed E-state index contributed by atoms with van der Waals surface area (Å²) in [5.74, 6) is 0.418. The van der Waals surface area contributed by atoms with Crippen LogP contribution in [0.2, 0.25) is 0 Å². The number of likely N-dealkylation sites (tertiary alicyclic amines) is 1. The first-order valence-electron chi connectivity index (χ1n) is 9.49. The maximum Gasteiger partial charge on any atom is 0.292 e. The van der Waals surface area contributed by atoms with Crippen molar-refractivity contribution in [3.63, 3.8) is 0 Å². The minimum Gasteiger partial charge on any atom is -0.346 e. The topological polar surface area (TPSA) is 88.6 Å². The number of aromatic nitrogens is 4. The van der Waals surface area contributed by atoms with Crippen LogP contribution in [0, 0.1) is 6.92 Å². The van der Waals surface area contributed by atoms with Gasteiger partial charge in [0.15, 0.2) is 0 Å². The lowest BCUT2D eigenvalue weighted by Gasteiger charge is -2.21. The molecule has 5 rings (SSSR count). The van der Waals surface area contributed by atoms with Gasteiger partial charge in [-0.2, -0.15) is 4.98 Å². The van der Waals surface area contributed by atoms with Crippen molar-refractivity contribution in [1.82, 2.24) is 29.7 Å². The van der Waals surface area contributed by atoms with Crippen LogP contribution < -0.4 is 5.32 Å². The molecule has 140 valence electrons. The number of carbonyl (C=O) groups is 1. The Morgan fingerprint density at radius 3 is 3.11 bits per heavy atom. The normalized spacial score (nSPS) is 20.4. The third-order valence-electron chi connectivity index (χ3n) is 5.38. The van der Waals surface area contributed by atoms with Crippen molar-refractivity contribution in [3.8, 4) is 0 Å². The second kappa shape index (κ2) is 6.45. The molecule has 2 fully saturated rings. The number of nitrogens with one attached hydrogen (secondary N) is 1. The molecule has 1 saturated carbocycles. The lowest BCUT2D eigenvalue weighted by Crippen LogP contribution is -2.27. The molecule has 0 radical (unpaired) electrons. The third kappa shape index (κ3) is 3.10. The zero-order valence-electron chi connectivity index (χ0n) is 15.3. The van der Waals surface area contributed by atoms with Gasteiger partial charge in [-0.05, 0) is 50.8 Å². The summed E-state index contributed by atoms with van der Waals surface area (Å²) >= 11 is 0. The van der Waals surface area contributed by atoms with E-state index in [1.807, 2.05) is 18.5 Å². The van der Waals surface area contributed by atoms with Gasteiger partial charge in [-0.25, -0.2) is 4.98 Å². The molecule has 8 heteroatoms. The highest BCUT2D eigenvalue weighted by atomic mass is 16.5. The highest BCUT2D eigenvalue weighted by molar-refractivity contribution is 5.90. The average molecular weight is 366 g/mol. The molecule has 1 N–H and O–H groups in total. The van der Waals surface area contributed by atoms with E-state index in [9.17, 15) is 4.79 Å². The number of imidazole rings is 1.